The highest BCUT2D eigenvalue weighted by Gasteiger charge is 2.30. The number of furan rings is 1. The molecule has 0 aliphatic carbocycles. The SMILES string of the molecule is CCn1cc(NC(=O)c2nn(C)c(C)c2[N+](=O)[O-])c(C(=O)NCc2ccco2)n1. The number of aryl methyl sites for hydroxylation is 2. The van der Waals surface area contributed by atoms with Gasteiger partial charge in [0.05, 0.1) is 23.4 Å². The molecular weight excluding hydrogens is 382 g/mol. The Morgan fingerprint density at radius 2 is 2.03 bits per heavy atom. The Bertz CT molecular complexity index is 1060. The quantitative estimate of drug-likeness (QED) is 0.451. The molecule has 3 heterocycles. The topological polar surface area (TPSA) is 150 Å². The molecule has 2 N–H and O–H groups in total. The van der Waals surface area contributed by atoms with Crippen LogP contribution in [0.3, 0.4) is 0 Å². The minimum atomic E-state index is -0.809. The number of anilines is 1. The van der Waals surface area contributed by atoms with Crippen molar-refractivity contribution in [2.75, 3.05) is 5.32 Å². The molecule has 0 radical (unpaired) electrons. The molecule has 3 aromatic heterocycles. The van der Waals surface area contributed by atoms with Crippen molar-refractivity contribution >= 4 is 23.2 Å². The highest BCUT2D eigenvalue weighted by molar-refractivity contribution is 6.09. The summed E-state index contributed by atoms with van der Waals surface area (Å²) in [7, 11) is 1.50. The number of hydrogen-bond donors (Lipinski definition) is 2. The second-order valence-corrected chi connectivity index (χ2v) is 6.13. The van der Waals surface area contributed by atoms with Crippen molar-refractivity contribution in [3.63, 3.8) is 0 Å². The molecule has 0 bridgehead atoms. The van der Waals surface area contributed by atoms with Gasteiger partial charge in [-0.2, -0.15) is 10.2 Å². The first-order chi connectivity index (χ1) is 13.8. The molecule has 0 saturated heterocycles. The summed E-state index contributed by atoms with van der Waals surface area (Å²) in [6, 6.07) is 3.40. The van der Waals surface area contributed by atoms with Gasteiger partial charge in [0.15, 0.2) is 5.69 Å². The Hall–Kier alpha value is -3.96. The second-order valence-electron chi connectivity index (χ2n) is 6.13. The normalized spacial score (nSPS) is 10.7. The molecule has 29 heavy (non-hydrogen) atoms. The minimum absolute atomic E-state index is 0.0259. The highest BCUT2D eigenvalue weighted by Crippen LogP contribution is 2.24. The Morgan fingerprint density at radius 1 is 1.28 bits per heavy atom. The Labute approximate surface area is 164 Å². The molecule has 3 aromatic rings. The summed E-state index contributed by atoms with van der Waals surface area (Å²) in [4.78, 5) is 35.8. The van der Waals surface area contributed by atoms with Gasteiger partial charge in [0, 0.05) is 19.8 Å². The van der Waals surface area contributed by atoms with Crippen LogP contribution in [-0.4, -0.2) is 36.3 Å². The lowest BCUT2D eigenvalue weighted by molar-refractivity contribution is -0.385. The number of hydrogen-bond acceptors (Lipinski definition) is 7. The van der Waals surface area contributed by atoms with Gasteiger partial charge in [-0.15, -0.1) is 0 Å². The van der Waals surface area contributed by atoms with Gasteiger partial charge in [-0.1, -0.05) is 0 Å². The van der Waals surface area contributed by atoms with Crippen molar-refractivity contribution in [3.05, 3.63) is 57.5 Å². The average Bonchev–Trinajstić information content (AvgIpc) is 3.40. The summed E-state index contributed by atoms with van der Waals surface area (Å²) in [5.41, 5.74) is -0.410. The van der Waals surface area contributed by atoms with E-state index in [0.717, 1.165) is 0 Å². The van der Waals surface area contributed by atoms with Crippen LogP contribution in [-0.2, 0) is 20.1 Å². The van der Waals surface area contributed by atoms with Gasteiger partial charge in [0.2, 0.25) is 5.69 Å². The molecule has 12 nitrogen and oxygen atoms in total. The van der Waals surface area contributed by atoms with Crippen LogP contribution in [0.4, 0.5) is 11.4 Å². The van der Waals surface area contributed by atoms with Crippen LogP contribution in [0, 0.1) is 17.0 Å². The first-order valence-corrected chi connectivity index (χ1v) is 8.69. The van der Waals surface area contributed by atoms with Gasteiger partial charge in [0.25, 0.3) is 11.8 Å². The largest absolute Gasteiger partial charge is 0.467 e. The standard InChI is InChI=1S/C17H19N7O5/c1-4-23-9-12(13(21-23)16(25)18-8-11-6-5-7-29-11)19-17(26)14-15(24(27)28)10(2)22(3)20-14/h5-7,9H,4,8H2,1-3H3,(H,18,25)(H,19,26). The van der Waals surface area contributed by atoms with Crippen molar-refractivity contribution in [1.82, 2.24) is 24.9 Å². The van der Waals surface area contributed by atoms with Crippen LogP contribution < -0.4 is 10.6 Å². The van der Waals surface area contributed by atoms with E-state index in [1.54, 1.807) is 12.1 Å². The first-order valence-electron chi connectivity index (χ1n) is 8.69. The third-order valence-electron chi connectivity index (χ3n) is 4.25. The minimum Gasteiger partial charge on any atom is -0.467 e. The van der Waals surface area contributed by atoms with Crippen molar-refractivity contribution in [2.45, 2.75) is 26.9 Å². The third-order valence-corrected chi connectivity index (χ3v) is 4.25. The van der Waals surface area contributed by atoms with Crippen molar-refractivity contribution < 1.29 is 18.9 Å². The van der Waals surface area contributed by atoms with Crippen molar-refractivity contribution in [2.24, 2.45) is 7.05 Å². The molecule has 0 fully saturated rings. The zero-order chi connectivity index (χ0) is 21.1. The van der Waals surface area contributed by atoms with Crippen molar-refractivity contribution in [3.8, 4) is 0 Å². The number of nitrogens with one attached hydrogen (secondary N) is 2. The van der Waals surface area contributed by atoms with Crippen LogP contribution in [0.25, 0.3) is 0 Å². The third kappa shape index (κ3) is 4.00. The molecule has 0 aliphatic rings. The number of amides is 2. The van der Waals surface area contributed by atoms with Gasteiger partial charge < -0.3 is 15.1 Å². The number of carbonyl (C=O) groups is 2. The monoisotopic (exact) mass is 401 g/mol. The van der Waals surface area contributed by atoms with E-state index in [1.807, 2.05) is 6.92 Å². The molecule has 0 aliphatic heterocycles. The zero-order valence-electron chi connectivity index (χ0n) is 16.0. The maximum absolute atomic E-state index is 12.6. The molecular formula is C17H19N7O5. The summed E-state index contributed by atoms with van der Waals surface area (Å²) in [6.45, 7) is 3.90. The van der Waals surface area contributed by atoms with Crippen LogP contribution in [0.2, 0.25) is 0 Å². The summed E-state index contributed by atoms with van der Waals surface area (Å²) in [5, 5.41) is 24.5. The summed E-state index contributed by atoms with van der Waals surface area (Å²) in [5.74, 6) is -0.787. The molecule has 0 atom stereocenters. The fourth-order valence-electron chi connectivity index (χ4n) is 2.66. The van der Waals surface area contributed by atoms with E-state index in [2.05, 4.69) is 20.8 Å². The van der Waals surface area contributed by atoms with E-state index in [9.17, 15) is 19.7 Å². The van der Waals surface area contributed by atoms with E-state index in [-0.39, 0.29) is 29.3 Å². The van der Waals surface area contributed by atoms with Gasteiger partial charge in [-0.05, 0) is 26.0 Å². The second kappa shape index (κ2) is 7.96. The smallest absolute Gasteiger partial charge is 0.322 e. The lowest BCUT2D eigenvalue weighted by atomic mass is 10.2. The summed E-state index contributed by atoms with van der Waals surface area (Å²) in [6.07, 6.45) is 2.96. The molecule has 0 unspecified atom stereocenters. The number of nitro groups is 1. The number of nitrogens with zero attached hydrogens (tertiary/aromatic N) is 5. The van der Waals surface area contributed by atoms with Gasteiger partial charge in [-0.3, -0.25) is 29.1 Å². The van der Waals surface area contributed by atoms with Gasteiger partial charge in [0.1, 0.15) is 11.5 Å². The first kappa shape index (κ1) is 19.8. The number of rotatable bonds is 7. The lowest BCUT2D eigenvalue weighted by Gasteiger charge is -2.04. The van der Waals surface area contributed by atoms with Crippen LogP contribution in [0.5, 0.6) is 0 Å². The zero-order valence-corrected chi connectivity index (χ0v) is 16.0. The van der Waals surface area contributed by atoms with E-state index in [1.165, 1.54) is 35.8 Å². The predicted octanol–water partition coefficient (Wildman–Crippen LogP) is 1.63. The molecule has 0 spiro atoms. The molecule has 152 valence electrons. The maximum atomic E-state index is 12.6. The van der Waals surface area contributed by atoms with E-state index in [0.29, 0.717) is 12.3 Å². The lowest BCUT2D eigenvalue weighted by Crippen LogP contribution is -2.25. The van der Waals surface area contributed by atoms with Crippen molar-refractivity contribution in [1.29, 1.82) is 0 Å². The molecule has 0 aromatic carbocycles. The predicted molar refractivity (Wildman–Crippen MR) is 100 cm³/mol. The van der Waals surface area contributed by atoms with E-state index >= 15 is 0 Å². The molecule has 2 amide bonds. The maximum Gasteiger partial charge on any atom is 0.322 e. The molecule has 3 rings (SSSR count). The number of carbonyl (C=O) groups excluding carboxylic acids is 2. The van der Waals surface area contributed by atoms with Gasteiger partial charge >= 0.3 is 5.69 Å². The van der Waals surface area contributed by atoms with E-state index in [4.69, 9.17) is 4.42 Å². The Morgan fingerprint density at radius 3 is 2.66 bits per heavy atom. The highest BCUT2D eigenvalue weighted by atomic mass is 16.6. The van der Waals surface area contributed by atoms with Crippen LogP contribution in [0.15, 0.2) is 29.0 Å². The Balaban J connectivity index is 1.85. The summed E-state index contributed by atoms with van der Waals surface area (Å²) >= 11 is 0. The number of aromatic nitrogens is 4. The fourth-order valence-corrected chi connectivity index (χ4v) is 2.66. The van der Waals surface area contributed by atoms with Gasteiger partial charge in [-0.25, -0.2) is 0 Å². The summed E-state index contributed by atoms with van der Waals surface area (Å²) < 4.78 is 7.88. The average molecular weight is 401 g/mol. The van der Waals surface area contributed by atoms with Crippen LogP contribution in [0.1, 0.15) is 39.4 Å². The fraction of sp³-hybridized carbons (Fsp3) is 0.294. The molecule has 12 heteroatoms. The Kier molecular flexibility index (Phi) is 5.43. The molecule has 0 saturated carbocycles. The van der Waals surface area contributed by atoms with Crippen LogP contribution >= 0.6 is 0 Å². The van der Waals surface area contributed by atoms with E-state index < -0.39 is 22.4 Å².